The maximum absolute atomic E-state index is 12.3. The lowest BCUT2D eigenvalue weighted by Gasteiger charge is -2.09. The number of amides is 2. The highest BCUT2D eigenvalue weighted by molar-refractivity contribution is 5.93. The first-order valence-corrected chi connectivity index (χ1v) is 6.65. The molecule has 1 heterocycles. The molecule has 108 valence electrons. The molecule has 5 heteroatoms. The first kappa shape index (κ1) is 14.7. The predicted molar refractivity (Wildman–Crippen MR) is 79.7 cm³/mol. The van der Waals surface area contributed by atoms with E-state index in [1.54, 1.807) is 36.0 Å². The van der Waals surface area contributed by atoms with Gasteiger partial charge in [-0.2, -0.15) is 4.57 Å². The van der Waals surface area contributed by atoms with Gasteiger partial charge in [-0.1, -0.05) is 12.1 Å². The number of nitrogens with two attached hydrogens (primary N) is 1. The molecule has 0 aliphatic rings. The molecule has 0 bridgehead atoms. The molecule has 2 amide bonds. The van der Waals surface area contributed by atoms with Crippen molar-refractivity contribution in [2.75, 3.05) is 5.32 Å². The molecule has 0 spiro atoms. The van der Waals surface area contributed by atoms with Crippen LogP contribution in [0.4, 0.5) is 5.69 Å². The molecule has 0 fully saturated rings. The monoisotopic (exact) mass is 284 g/mol. The molecule has 21 heavy (non-hydrogen) atoms. The van der Waals surface area contributed by atoms with Gasteiger partial charge in [0.1, 0.15) is 5.56 Å². The minimum Gasteiger partial charge on any atom is -0.365 e. The van der Waals surface area contributed by atoms with E-state index in [0.29, 0.717) is 5.56 Å². The zero-order valence-corrected chi connectivity index (χ0v) is 12.0. The van der Waals surface area contributed by atoms with Gasteiger partial charge in [0.15, 0.2) is 12.4 Å². The average molecular weight is 284 g/mol. The van der Waals surface area contributed by atoms with Gasteiger partial charge in [-0.15, -0.1) is 0 Å². The number of nitrogens with one attached hydrogen (secondary N) is 1. The minimum absolute atomic E-state index is 0.160. The number of carbonyl (C=O) groups is 2. The lowest BCUT2D eigenvalue weighted by Crippen LogP contribution is -2.44. The molecular weight excluding hydrogens is 266 g/mol. The molecule has 3 N–H and O–H groups in total. The number of primary amides is 1. The van der Waals surface area contributed by atoms with Gasteiger partial charge in [0.25, 0.3) is 11.8 Å². The maximum atomic E-state index is 12.3. The van der Waals surface area contributed by atoms with Gasteiger partial charge in [-0.05, 0) is 30.7 Å². The van der Waals surface area contributed by atoms with Crippen molar-refractivity contribution in [2.24, 2.45) is 5.73 Å². The van der Waals surface area contributed by atoms with Crippen molar-refractivity contribution < 1.29 is 14.2 Å². The molecular formula is C16H18N3O2+. The fourth-order valence-electron chi connectivity index (χ4n) is 1.98. The van der Waals surface area contributed by atoms with E-state index in [0.717, 1.165) is 11.3 Å². The average Bonchev–Trinajstić information content (AvgIpc) is 2.46. The van der Waals surface area contributed by atoms with Crippen molar-refractivity contribution in [1.82, 2.24) is 0 Å². The number of hydrogen-bond donors (Lipinski definition) is 2. The fraction of sp³-hybridized carbons (Fsp3) is 0.188. The Labute approximate surface area is 123 Å². The highest BCUT2D eigenvalue weighted by Crippen LogP contribution is 2.11. The van der Waals surface area contributed by atoms with Crippen LogP contribution in [0.25, 0.3) is 0 Å². The Morgan fingerprint density at radius 2 is 2.00 bits per heavy atom. The van der Waals surface area contributed by atoms with Crippen LogP contribution in [0, 0.1) is 6.92 Å². The van der Waals surface area contributed by atoms with Crippen LogP contribution in [0.2, 0.25) is 0 Å². The van der Waals surface area contributed by atoms with Gasteiger partial charge in [0.2, 0.25) is 6.04 Å². The Balaban J connectivity index is 2.15. The summed E-state index contributed by atoms with van der Waals surface area (Å²) >= 11 is 0. The van der Waals surface area contributed by atoms with Crippen molar-refractivity contribution in [2.45, 2.75) is 19.9 Å². The first-order valence-electron chi connectivity index (χ1n) is 6.65. The van der Waals surface area contributed by atoms with E-state index >= 15 is 0 Å². The summed E-state index contributed by atoms with van der Waals surface area (Å²) in [6.07, 6.45) is 3.30. The van der Waals surface area contributed by atoms with E-state index < -0.39 is 11.9 Å². The summed E-state index contributed by atoms with van der Waals surface area (Å²) < 4.78 is 1.66. The third-order valence-corrected chi connectivity index (χ3v) is 3.22. The van der Waals surface area contributed by atoms with Crippen LogP contribution in [0.3, 0.4) is 0 Å². The highest BCUT2D eigenvalue weighted by Gasteiger charge is 2.22. The van der Waals surface area contributed by atoms with Crippen molar-refractivity contribution >= 4 is 17.5 Å². The second kappa shape index (κ2) is 6.17. The lowest BCUT2D eigenvalue weighted by atomic mass is 10.2. The Morgan fingerprint density at radius 3 is 2.67 bits per heavy atom. The number of nitrogens with zero attached hydrogens (tertiary/aromatic N) is 1. The Hall–Kier alpha value is -2.69. The highest BCUT2D eigenvalue weighted by atomic mass is 16.2. The third kappa shape index (κ3) is 3.66. The van der Waals surface area contributed by atoms with Gasteiger partial charge in [0, 0.05) is 18.7 Å². The van der Waals surface area contributed by atoms with E-state index in [1.807, 2.05) is 31.2 Å². The molecule has 0 aliphatic heterocycles. The number of benzene rings is 1. The number of hydrogen-bond acceptors (Lipinski definition) is 2. The second-order valence-corrected chi connectivity index (χ2v) is 4.94. The van der Waals surface area contributed by atoms with Crippen LogP contribution >= 0.6 is 0 Å². The number of carbonyl (C=O) groups excluding carboxylic acids is 2. The van der Waals surface area contributed by atoms with Crippen LogP contribution in [-0.2, 0) is 4.79 Å². The summed E-state index contributed by atoms with van der Waals surface area (Å²) in [5, 5.41) is 2.85. The SMILES string of the molecule is Cc1cccc(NC(=O)[C@H](C)[n+]2cccc(C(N)=O)c2)c1. The summed E-state index contributed by atoms with van der Waals surface area (Å²) in [6.45, 7) is 3.72. The first-order chi connectivity index (χ1) is 9.97. The van der Waals surface area contributed by atoms with Crippen molar-refractivity contribution in [3.63, 3.8) is 0 Å². The summed E-state index contributed by atoms with van der Waals surface area (Å²) in [5.74, 6) is -0.678. The lowest BCUT2D eigenvalue weighted by molar-refractivity contribution is -0.705. The standard InChI is InChI=1S/C16H17N3O2/c1-11-5-3-7-14(9-11)18-16(21)12(2)19-8-4-6-13(10-19)15(17)20/h3-10,12H,1-2H3,(H2-,17,18,20,21)/p+1/t12-/m0/s1. The topological polar surface area (TPSA) is 76.1 Å². The van der Waals surface area contributed by atoms with E-state index in [2.05, 4.69) is 5.32 Å². The molecule has 5 nitrogen and oxygen atoms in total. The molecule has 0 saturated heterocycles. The third-order valence-electron chi connectivity index (χ3n) is 3.22. The quantitative estimate of drug-likeness (QED) is 0.836. The number of pyridine rings is 1. The molecule has 2 aromatic rings. The van der Waals surface area contributed by atoms with Crippen LogP contribution in [-0.4, -0.2) is 11.8 Å². The fourth-order valence-corrected chi connectivity index (χ4v) is 1.98. The minimum atomic E-state index is -0.518. The zero-order valence-electron chi connectivity index (χ0n) is 12.0. The van der Waals surface area contributed by atoms with E-state index in [4.69, 9.17) is 5.73 Å². The van der Waals surface area contributed by atoms with E-state index in [1.165, 1.54) is 0 Å². The Bertz CT molecular complexity index is 683. The van der Waals surface area contributed by atoms with Crippen LogP contribution in [0.15, 0.2) is 48.8 Å². The summed E-state index contributed by atoms with van der Waals surface area (Å²) in [4.78, 5) is 23.4. The van der Waals surface area contributed by atoms with Crippen molar-refractivity contribution in [3.8, 4) is 0 Å². The van der Waals surface area contributed by atoms with E-state index in [9.17, 15) is 9.59 Å². The van der Waals surface area contributed by atoms with Crippen LogP contribution in [0.1, 0.15) is 28.9 Å². The van der Waals surface area contributed by atoms with Crippen molar-refractivity contribution in [1.29, 1.82) is 0 Å². The van der Waals surface area contributed by atoms with Gasteiger partial charge in [-0.25, -0.2) is 0 Å². The van der Waals surface area contributed by atoms with Crippen LogP contribution < -0.4 is 15.6 Å². The molecule has 0 radical (unpaired) electrons. The molecule has 0 aliphatic carbocycles. The summed E-state index contributed by atoms with van der Waals surface area (Å²) in [5.41, 5.74) is 7.44. The Morgan fingerprint density at radius 1 is 1.24 bits per heavy atom. The normalized spacial score (nSPS) is 11.7. The van der Waals surface area contributed by atoms with Crippen molar-refractivity contribution in [3.05, 3.63) is 59.9 Å². The van der Waals surface area contributed by atoms with Gasteiger partial charge in [0.05, 0.1) is 0 Å². The number of rotatable bonds is 4. The largest absolute Gasteiger partial charge is 0.365 e. The van der Waals surface area contributed by atoms with Gasteiger partial charge >= 0.3 is 0 Å². The molecule has 1 atom stereocenters. The van der Waals surface area contributed by atoms with E-state index in [-0.39, 0.29) is 5.91 Å². The number of anilines is 1. The molecule has 2 rings (SSSR count). The summed E-state index contributed by atoms with van der Waals surface area (Å²) in [6, 6.07) is 10.4. The molecule has 1 aromatic carbocycles. The number of aromatic nitrogens is 1. The second-order valence-electron chi connectivity index (χ2n) is 4.94. The molecule has 1 aromatic heterocycles. The zero-order chi connectivity index (χ0) is 15.4. The Kier molecular flexibility index (Phi) is 4.33. The molecule has 0 saturated carbocycles. The summed E-state index contributed by atoms with van der Waals surface area (Å²) in [7, 11) is 0. The van der Waals surface area contributed by atoms with Gasteiger partial charge in [-0.3, -0.25) is 9.59 Å². The maximum Gasteiger partial charge on any atom is 0.293 e. The van der Waals surface area contributed by atoms with Crippen LogP contribution in [0.5, 0.6) is 0 Å². The number of aryl methyl sites for hydroxylation is 1. The van der Waals surface area contributed by atoms with Gasteiger partial charge < -0.3 is 11.1 Å². The molecule has 0 unspecified atom stereocenters. The smallest absolute Gasteiger partial charge is 0.293 e. The predicted octanol–water partition coefficient (Wildman–Crippen LogP) is 1.58.